The number of rotatable bonds is 8. The summed E-state index contributed by atoms with van der Waals surface area (Å²) in [5.74, 6) is 0.269. The third-order valence-electron chi connectivity index (χ3n) is 4.74. The Labute approximate surface area is 182 Å². The maximum absolute atomic E-state index is 12.6. The van der Waals surface area contributed by atoms with E-state index in [-0.39, 0.29) is 16.8 Å². The van der Waals surface area contributed by atoms with Gasteiger partial charge in [-0.25, -0.2) is 8.42 Å². The van der Waals surface area contributed by atoms with Crippen LogP contribution < -0.4 is 10.1 Å². The van der Waals surface area contributed by atoms with Crippen molar-refractivity contribution in [2.24, 2.45) is 0 Å². The van der Waals surface area contributed by atoms with Gasteiger partial charge in [-0.3, -0.25) is 9.78 Å². The number of ether oxygens (including phenoxy) is 1. The first-order valence-electron chi connectivity index (χ1n) is 9.78. The molecule has 0 bridgehead atoms. The Morgan fingerprint density at radius 2 is 1.84 bits per heavy atom. The molecule has 3 rings (SSSR count). The van der Waals surface area contributed by atoms with E-state index in [1.165, 1.54) is 35.6 Å². The Balaban J connectivity index is 1.66. The molecule has 1 heterocycles. The highest BCUT2D eigenvalue weighted by Crippen LogP contribution is 2.21. The maximum atomic E-state index is 12.6. The first-order valence-corrected chi connectivity index (χ1v) is 11.2. The summed E-state index contributed by atoms with van der Waals surface area (Å²) in [6, 6.07) is 16.5. The van der Waals surface area contributed by atoms with E-state index in [0.29, 0.717) is 23.6 Å². The fourth-order valence-electron chi connectivity index (χ4n) is 2.74. The highest BCUT2D eigenvalue weighted by molar-refractivity contribution is 7.89. The average molecular weight is 440 g/mol. The molecule has 3 aromatic rings. The molecule has 0 saturated heterocycles. The molecule has 31 heavy (non-hydrogen) atoms. The maximum Gasteiger partial charge on any atom is 0.255 e. The monoisotopic (exact) mass is 439 g/mol. The Hall–Kier alpha value is -3.23. The minimum absolute atomic E-state index is 0.144. The Bertz CT molecular complexity index is 1130. The third kappa shape index (κ3) is 5.68. The van der Waals surface area contributed by atoms with Gasteiger partial charge in [-0.1, -0.05) is 12.1 Å². The minimum atomic E-state index is -3.59. The van der Waals surface area contributed by atoms with Gasteiger partial charge in [0, 0.05) is 48.4 Å². The second-order valence-electron chi connectivity index (χ2n) is 7.27. The summed E-state index contributed by atoms with van der Waals surface area (Å²) >= 11 is 0. The normalized spacial score (nSPS) is 11.5. The van der Waals surface area contributed by atoms with E-state index in [9.17, 15) is 13.2 Å². The summed E-state index contributed by atoms with van der Waals surface area (Å²) in [5.41, 5.74) is 1.87. The van der Waals surface area contributed by atoms with E-state index < -0.39 is 10.0 Å². The van der Waals surface area contributed by atoms with Crippen molar-refractivity contribution in [3.05, 3.63) is 84.2 Å². The van der Waals surface area contributed by atoms with Gasteiger partial charge in [-0.15, -0.1) is 0 Å². The lowest BCUT2D eigenvalue weighted by Gasteiger charge is -2.21. The number of anilines is 1. The van der Waals surface area contributed by atoms with Gasteiger partial charge in [-0.05, 0) is 56.3 Å². The van der Waals surface area contributed by atoms with Crippen molar-refractivity contribution in [3.8, 4) is 5.75 Å². The van der Waals surface area contributed by atoms with Gasteiger partial charge in [-0.2, -0.15) is 4.31 Å². The van der Waals surface area contributed by atoms with Crippen molar-refractivity contribution in [1.82, 2.24) is 9.29 Å². The molecule has 0 fully saturated rings. The first-order chi connectivity index (χ1) is 14.8. The molecule has 2 aromatic carbocycles. The molecular formula is C23H25N3O4S. The van der Waals surface area contributed by atoms with E-state index in [2.05, 4.69) is 10.3 Å². The molecule has 0 unspecified atom stereocenters. The SMILES string of the molecule is CC(C)N(C)S(=O)(=O)c1ccc(C(=O)Nc2cccc(OCc3cccnc3)c2)cc1. The van der Waals surface area contributed by atoms with Crippen LogP contribution >= 0.6 is 0 Å². The molecule has 1 aromatic heterocycles. The molecule has 0 spiro atoms. The molecule has 7 nitrogen and oxygen atoms in total. The highest BCUT2D eigenvalue weighted by Gasteiger charge is 2.23. The van der Waals surface area contributed by atoms with Crippen LogP contribution in [0.2, 0.25) is 0 Å². The van der Waals surface area contributed by atoms with E-state index in [4.69, 9.17) is 4.74 Å². The van der Waals surface area contributed by atoms with Crippen molar-refractivity contribution < 1.29 is 17.9 Å². The number of nitrogens with one attached hydrogen (secondary N) is 1. The lowest BCUT2D eigenvalue weighted by Crippen LogP contribution is -2.33. The molecular weight excluding hydrogens is 414 g/mol. The van der Waals surface area contributed by atoms with Crippen LogP contribution in [0.15, 0.2) is 78.0 Å². The van der Waals surface area contributed by atoms with Crippen LogP contribution in [0, 0.1) is 0 Å². The summed E-state index contributed by atoms with van der Waals surface area (Å²) in [6.07, 6.45) is 3.43. The number of hydrogen-bond donors (Lipinski definition) is 1. The quantitative estimate of drug-likeness (QED) is 0.574. The number of aromatic nitrogens is 1. The summed E-state index contributed by atoms with van der Waals surface area (Å²) in [5, 5.41) is 2.80. The molecule has 0 saturated carbocycles. The lowest BCUT2D eigenvalue weighted by molar-refractivity contribution is 0.102. The van der Waals surface area contributed by atoms with Gasteiger partial charge >= 0.3 is 0 Å². The van der Waals surface area contributed by atoms with Gasteiger partial charge in [0.15, 0.2) is 0 Å². The molecule has 0 aliphatic rings. The van der Waals surface area contributed by atoms with E-state index in [1.807, 2.05) is 12.1 Å². The zero-order valence-corrected chi connectivity index (χ0v) is 18.5. The Kier molecular flexibility index (Phi) is 7.04. The Morgan fingerprint density at radius 1 is 1.10 bits per heavy atom. The third-order valence-corrected chi connectivity index (χ3v) is 6.79. The topological polar surface area (TPSA) is 88.6 Å². The largest absolute Gasteiger partial charge is 0.489 e. The van der Waals surface area contributed by atoms with Crippen LogP contribution in [-0.4, -0.2) is 36.7 Å². The molecule has 0 radical (unpaired) electrons. The van der Waals surface area contributed by atoms with E-state index >= 15 is 0 Å². The van der Waals surface area contributed by atoms with Crippen LogP contribution in [0.3, 0.4) is 0 Å². The van der Waals surface area contributed by atoms with Crippen LogP contribution in [0.25, 0.3) is 0 Å². The fraction of sp³-hybridized carbons (Fsp3) is 0.217. The number of carbonyl (C=O) groups excluding carboxylic acids is 1. The zero-order valence-electron chi connectivity index (χ0n) is 17.6. The van der Waals surface area contributed by atoms with Crippen molar-refractivity contribution in [2.45, 2.75) is 31.4 Å². The average Bonchev–Trinajstić information content (AvgIpc) is 2.78. The van der Waals surface area contributed by atoms with Gasteiger partial charge in [0.25, 0.3) is 5.91 Å². The second kappa shape index (κ2) is 9.72. The molecule has 1 N–H and O–H groups in total. The van der Waals surface area contributed by atoms with Crippen LogP contribution in [0.4, 0.5) is 5.69 Å². The molecule has 0 aliphatic heterocycles. The predicted molar refractivity (Wildman–Crippen MR) is 119 cm³/mol. The number of benzene rings is 2. The number of carbonyl (C=O) groups is 1. The Morgan fingerprint density at radius 3 is 2.48 bits per heavy atom. The van der Waals surface area contributed by atoms with Gasteiger partial charge in [0.2, 0.25) is 10.0 Å². The molecule has 0 aliphatic carbocycles. The summed E-state index contributed by atoms with van der Waals surface area (Å²) < 4.78 is 32.2. The highest BCUT2D eigenvalue weighted by atomic mass is 32.2. The van der Waals surface area contributed by atoms with Gasteiger partial charge < -0.3 is 10.1 Å². The van der Waals surface area contributed by atoms with Crippen LogP contribution in [0.1, 0.15) is 29.8 Å². The standard InChI is InChI=1S/C23H25N3O4S/c1-17(2)26(3)31(28,29)22-11-9-19(10-12-22)23(27)25-20-7-4-8-21(14-20)30-16-18-6-5-13-24-15-18/h4-15,17H,16H2,1-3H3,(H,25,27). The van der Waals surface area contributed by atoms with Crippen LogP contribution in [0.5, 0.6) is 5.75 Å². The molecule has 8 heteroatoms. The summed E-state index contributed by atoms with van der Waals surface area (Å²) in [4.78, 5) is 16.8. The number of nitrogens with zero attached hydrogens (tertiary/aromatic N) is 2. The van der Waals surface area contributed by atoms with E-state index in [1.54, 1.807) is 50.5 Å². The smallest absolute Gasteiger partial charge is 0.255 e. The summed E-state index contributed by atoms with van der Waals surface area (Å²) in [6.45, 7) is 3.97. The van der Waals surface area contributed by atoms with Gasteiger partial charge in [0.05, 0.1) is 4.90 Å². The number of pyridine rings is 1. The molecule has 1 amide bonds. The van der Waals surface area contributed by atoms with Crippen molar-refractivity contribution >= 4 is 21.6 Å². The lowest BCUT2D eigenvalue weighted by atomic mass is 10.2. The minimum Gasteiger partial charge on any atom is -0.489 e. The molecule has 162 valence electrons. The van der Waals surface area contributed by atoms with Gasteiger partial charge in [0.1, 0.15) is 12.4 Å². The summed E-state index contributed by atoms with van der Waals surface area (Å²) in [7, 11) is -2.06. The number of amides is 1. The predicted octanol–water partition coefficient (Wildman–Crippen LogP) is 3.94. The zero-order chi connectivity index (χ0) is 22.4. The first kappa shape index (κ1) is 22.5. The number of hydrogen-bond acceptors (Lipinski definition) is 5. The fourth-order valence-corrected chi connectivity index (χ4v) is 4.11. The second-order valence-corrected chi connectivity index (χ2v) is 9.27. The molecule has 0 atom stereocenters. The van der Waals surface area contributed by atoms with Crippen molar-refractivity contribution in [2.75, 3.05) is 12.4 Å². The number of sulfonamides is 1. The van der Waals surface area contributed by atoms with E-state index in [0.717, 1.165) is 5.56 Å². The van der Waals surface area contributed by atoms with Crippen LogP contribution in [-0.2, 0) is 16.6 Å². The van der Waals surface area contributed by atoms with Crippen molar-refractivity contribution in [1.29, 1.82) is 0 Å². The van der Waals surface area contributed by atoms with Crippen molar-refractivity contribution in [3.63, 3.8) is 0 Å².